The molecule has 1 heterocycles. The Kier molecular flexibility index (Phi) is 4.68. The third-order valence-electron chi connectivity index (χ3n) is 3.78. The molecule has 0 amide bonds. The van der Waals surface area contributed by atoms with Gasteiger partial charge in [0.1, 0.15) is 11.1 Å². The van der Waals surface area contributed by atoms with Crippen LogP contribution in [0.1, 0.15) is 32.1 Å². The molecule has 0 spiro atoms. The summed E-state index contributed by atoms with van der Waals surface area (Å²) < 4.78 is 5.00. The Morgan fingerprint density at radius 3 is 2.32 bits per heavy atom. The molecule has 2 rings (SSSR count). The zero-order valence-corrected chi connectivity index (χ0v) is 13.6. The van der Waals surface area contributed by atoms with Crippen LogP contribution in [0.2, 0.25) is 0 Å². The first-order valence-corrected chi connectivity index (χ1v) is 7.03. The first-order chi connectivity index (χ1) is 11.7. The summed E-state index contributed by atoms with van der Waals surface area (Å²) in [4.78, 5) is 34.3. The highest BCUT2D eigenvalue weighted by molar-refractivity contribution is 6.06. The van der Waals surface area contributed by atoms with Gasteiger partial charge in [0.2, 0.25) is 11.4 Å². The number of esters is 1. The number of carboxylic acids is 1. The molecule has 1 aromatic carbocycles. The number of carbonyl (C=O) groups is 2. The topological polar surface area (TPSA) is 134 Å². The fourth-order valence-corrected chi connectivity index (χ4v) is 2.62. The normalized spacial score (nSPS) is 10.4. The van der Waals surface area contributed by atoms with E-state index in [2.05, 4.69) is 4.74 Å². The van der Waals surface area contributed by atoms with E-state index < -0.39 is 22.4 Å². The molecule has 0 saturated heterocycles. The number of pyridine rings is 1. The van der Waals surface area contributed by atoms with E-state index in [9.17, 15) is 30.0 Å². The minimum Gasteiger partial charge on any atom is -0.618 e. The van der Waals surface area contributed by atoms with Crippen molar-refractivity contribution in [2.24, 2.45) is 0 Å². The number of aromatic carboxylic acids is 1. The number of nitro groups is 1. The van der Waals surface area contributed by atoms with Gasteiger partial charge in [-0.2, -0.15) is 4.73 Å². The zero-order chi connectivity index (χ0) is 18.9. The van der Waals surface area contributed by atoms with Gasteiger partial charge in [0.05, 0.1) is 12.0 Å². The van der Waals surface area contributed by atoms with Gasteiger partial charge in [-0.15, -0.1) is 0 Å². The minimum absolute atomic E-state index is 0.0594. The molecule has 0 bridgehead atoms. The molecule has 9 nitrogen and oxygen atoms in total. The molecule has 130 valence electrons. The van der Waals surface area contributed by atoms with Gasteiger partial charge in [0.15, 0.2) is 0 Å². The van der Waals surface area contributed by atoms with Crippen molar-refractivity contribution >= 4 is 17.6 Å². The summed E-state index contributed by atoms with van der Waals surface area (Å²) in [6, 6.07) is 5.17. The molecular formula is C16H14N2O7. The predicted molar refractivity (Wildman–Crippen MR) is 85.3 cm³/mol. The van der Waals surface area contributed by atoms with Gasteiger partial charge in [-0.05, 0) is 5.56 Å². The SMILES string of the molecule is COC(=O)c1c(-c2cccc([N+](=O)[O-])c2)c(C(=O)O)c(C)[n+]([O-])c1C. The van der Waals surface area contributed by atoms with Gasteiger partial charge in [0.25, 0.3) is 5.69 Å². The fourth-order valence-electron chi connectivity index (χ4n) is 2.62. The van der Waals surface area contributed by atoms with E-state index in [0.717, 1.165) is 13.2 Å². The molecule has 0 saturated carbocycles. The largest absolute Gasteiger partial charge is 0.618 e. The maximum absolute atomic E-state index is 12.2. The monoisotopic (exact) mass is 346 g/mol. The third kappa shape index (κ3) is 2.99. The molecule has 0 aliphatic rings. The molecule has 1 N–H and O–H groups in total. The van der Waals surface area contributed by atoms with Crippen molar-refractivity contribution in [2.75, 3.05) is 7.11 Å². The van der Waals surface area contributed by atoms with E-state index in [1.54, 1.807) is 0 Å². The Morgan fingerprint density at radius 2 is 1.80 bits per heavy atom. The fraction of sp³-hybridized carbons (Fsp3) is 0.188. The lowest BCUT2D eigenvalue weighted by atomic mass is 9.92. The summed E-state index contributed by atoms with van der Waals surface area (Å²) in [6.07, 6.45) is 0. The van der Waals surface area contributed by atoms with E-state index in [-0.39, 0.29) is 33.8 Å². The Morgan fingerprint density at radius 1 is 1.20 bits per heavy atom. The van der Waals surface area contributed by atoms with Crippen LogP contribution in [0.4, 0.5) is 5.69 Å². The summed E-state index contributed by atoms with van der Waals surface area (Å²) >= 11 is 0. The second kappa shape index (κ2) is 6.56. The highest BCUT2D eigenvalue weighted by Crippen LogP contribution is 2.33. The number of benzene rings is 1. The second-order valence-corrected chi connectivity index (χ2v) is 5.19. The maximum atomic E-state index is 12.2. The zero-order valence-electron chi connectivity index (χ0n) is 13.6. The highest BCUT2D eigenvalue weighted by atomic mass is 16.6. The Balaban J connectivity index is 3.01. The molecule has 0 radical (unpaired) electrons. The molecule has 0 atom stereocenters. The molecular weight excluding hydrogens is 332 g/mol. The van der Waals surface area contributed by atoms with Crippen LogP contribution >= 0.6 is 0 Å². The molecule has 9 heteroatoms. The molecule has 0 aliphatic heterocycles. The van der Waals surface area contributed by atoms with E-state index in [1.165, 1.54) is 32.0 Å². The Labute approximate surface area is 141 Å². The minimum atomic E-state index is -1.44. The van der Waals surface area contributed by atoms with Crippen LogP contribution in [-0.4, -0.2) is 29.1 Å². The number of carboxylic acid groups (broad SMARTS) is 1. The lowest BCUT2D eigenvalue weighted by molar-refractivity contribution is -0.619. The van der Waals surface area contributed by atoms with Crippen LogP contribution in [0.25, 0.3) is 11.1 Å². The number of aromatic nitrogens is 1. The van der Waals surface area contributed by atoms with Crippen LogP contribution in [0.3, 0.4) is 0 Å². The van der Waals surface area contributed by atoms with Crippen molar-refractivity contribution in [3.63, 3.8) is 0 Å². The van der Waals surface area contributed by atoms with Crippen molar-refractivity contribution in [1.29, 1.82) is 0 Å². The van der Waals surface area contributed by atoms with Crippen LogP contribution in [0.15, 0.2) is 24.3 Å². The third-order valence-corrected chi connectivity index (χ3v) is 3.78. The first kappa shape index (κ1) is 17.9. The van der Waals surface area contributed by atoms with Crippen molar-refractivity contribution in [1.82, 2.24) is 0 Å². The van der Waals surface area contributed by atoms with Gasteiger partial charge < -0.3 is 15.1 Å². The van der Waals surface area contributed by atoms with Crippen LogP contribution in [0, 0.1) is 29.2 Å². The smallest absolute Gasteiger partial charge is 0.344 e. The number of non-ortho nitro benzene ring substituents is 1. The Bertz CT molecular complexity index is 906. The van der Waals surface area contributed by atoms with E-state index in [4.69, 9.17) is 0 Å². The molecule has 25 heavy (non-hydrogen) atoms. The predicted octanol–water partition coefficient (Wildman–Crippen LogP) is 2.00. The van der Waals surface area contributed by atoms with Crippen LogP contribution in [-0.2, 0) is 4.74 Å². The summed E-state index contributed by atoms with van der Waals surface area (Å²) in [5.41, 5.74) is -1.11. The number of nitro benzene ring substituents is 1. The molecule has 2 aromatic rings. The van der Waals surface area contributed by atoms with E-state index in [0.29, 0.717) is 4.73 Å². The molecule has 1 aromatic heterocycles. The summed E-state index contributed by atoms with van der Waals surface area (Å²) in [7, 11) is 1.09. The van der Waals surface area contributed by atoms with Gasteiger partial charge in [-0.3, -0.25) is 10.1 Å². The first-order valence-electron chi connectivity index (χ1n) is 7.03. The Hall–Kier alpha value is -3.49. The van der Waals surface area contributed by atoms with Crippen molar-refractivity contribution in [2.45, 2.75) is 13.8 Å². The van der Waals surface area contributed by atoms with Gasteiger partial charge in [-0.1, -0.05) is 12.1 Å². The summed E-state index contributed by atoms with van der Waals surface area (Å²) in [5, 5.41) is 32.8. The standard InChI is InChI=1S/C16H14N2O7/c1-8-12(15(19)20)14(10-5-4-6-11(7-10)18(23)24)13(16(21)25-3)9(2)17(8)22/h4-7H,1-3H3,(H,19,20). The number of ether oxygens (including phenoxy) is 1. The quantitative estimate of drug-likeness (QED) is 0.294. The second-order valence-electron chi connectivity index (χ2n) is 5.19. The average molecular weight is 346 g/mol. The summed E-state index contributed by atoms with van der Waals surface area (Å²) in [5.74, 6) is -2.35. The number of rotatable bonds is 4. The van der Waals surface area contributed by atoms with Crippen molar-refractivity contribution in [3.8, 4) is 11.1 Å². The maximum Gasteiger partial charge on any atom is 0.344 e. The van der Waals surface area contributed by atoms with Gasteiger partial charge >= 0.3 is 11.9 Å². The number of carbonyl (C=O) groups excluding carboxylic acids is 1. The van der Waals surface area contributed by atoms with E-state index >= 15 is 0 Å². The highest BCUT2D eigenvalue weighted by Gasteiger charge is 2.32. The van der Waals surface area contributed by atoms with Crippen molar-refractivity contribution < 1.29 is 29.1 Å². The lowest BCUT2D eigenvalue weighted by Crippen LogP contribution is -2.39. The van der Waals surface area contributed by atoms with Crippen molar-refractivity contribution in [3.05, 3.63) is 62.1 Å². The molecule has 0 aliphatic carbocycles. The number of hydrogen-bond acceptors (Lipinski definition) is 6. The summed E-state index contributed by atoms with van der Waals surface area (Å²) in [6.45, 7) is 2.64. The lowest BCUT2D eigenvalue weighted by Gasteiger charge is -2.16. The number of nitrogens with zero attached hydrogens (tertiary/aromatic N) is 2. The van der Waals surface area contributed by atoms with Gasteiger partial charge in [0, 0.05) is 31.5 Å². The van der Waals surface area contributed by atoms with Crippen LogP contribution < -0.4 is 4.73 Å². The molecule has 0 fully saturated rings. The average Bonchev–Trinajstić information content (AvgIpc) is 2.58. The van der Waals surface area contributed by atoms with E-state index in [1.807, 2.05) is 0 Å². The van der Waals surface area contributed by atoms with Gasteiger partial charge in [-0.25, -0.2) is 9.59 Å². The number of hydrogen-bond donors (Lipinski definition) is 1. The van der Waals surface area contributed by atoms with Crippen LogP contribution in [0.5, 0.6) is 0 Å². The molecule has 0 unspecified atom stereocenters. The number of methoxy groups -OCH3 is 1.